The van der Waals surface area contributed by atoms with Gasteiger partial charge in [-0.15, -0.1) is 11.3 Å². The van der Waals surface area contributed by atoms with E-state index >= 15 is 0 Å². The molecule has 0 radical (unpaired) electrons. The zero-order valence-electron chi connectivity index (χ0n) is 15.2. The van der Waals surface area contributed by atoms with Gasteiger partial charge in [0.25, 0.3) is 5.91 Å². The molecule has 3 aromatic rings. The summed E-state index contributed by atoms with van der Waals surface area (Å²) in [5.41, 5.74) is 1.51. The van der Waals surface area contributed by atoms with Gasteiger partial charge in [-0.3, -0.25) is 14.2 Å². The van der Waals surface area contributed by atoms with Crippen LogP contribution in [0.1, 0.15) is 32.7 Å². The third-order valence-corrected chi connectivity index (χ3v) is 5.89. The van der Waals surface area contributed by atoms with Gasteiger partial charge in [-0.05, 0) is 31.4 Å². The smallest absolute Gasteiger partial charge is 0.308 e. The summed E-state index contributed by atoms with van der Waals surface area (Å²) in [5, 5.41) is 4.84. The fourth-order valence-corrected chi connectivity index (χ4v) is 4.18. The SMILES string of the molecule is C=C(C)Oc1ccccc1Cn1c(C)c(C(=O)NCc2cccs2)sc1=O. The summed E-state index contributed by atoms with van der Waals surface area (Å²) in [6.07, 6.45) is 0. The zero-order valence-corrected chi connectivity index (χ0v) is 16.8. The molecule has 7 heteroatoms. The van der Waals surface area contributed by atoms with Crippen molar-refractivity contribution in [3.63, 3.8) is 0 Å². The molecule has 0 fully saturated rings. The van der Waals surface area contributed by atoms with Crippen LogP contribution in [-0.2, 0) is 13.1 Å². The number of thiophene rings is 1. The number of benzene rings is 1. The number of nitrogens with one attached hydrogen (secondary N) is 1. The largest absolute Gasteiger partial charge is 0.462 e. The summed E-state index contributed by atoms with van der Waals surface area (Å²) in [6.45, 7) is 8.12. The standard InChI is InChI=1S/C20H20N2O3S2/c1-13(2)25-17-9-5-4-7-15(17)12-22-14(3)18(27-20(22)24)19(23)21-11-16-8-6-10-26-16/h4-10H,1,11-12H2,2-3H3,(H,21,23). The number of aromatic nitrogens is 1. The molecule has 0 saturated carbocycles. The van der Waals surface area contributed by atoms with E-state index in [1.54, 1.807) is 29.8 Å². The highest BCUT2D eigenvalue weighted by Crippen LogP contribution is 2.22. The normalized spacial score (nSPS) is 10.6. The quantitative estimate of drug-likeness (QED) is 0.606. The van der Waals surface area contributed by atoms with Gasteiger partial charge < -0.3 is 10.1 Å². The number of hydrogen-bond donors (Lipinski definition) is 1. The molecule has 3 rings (SSSR count). The summed E-state index contributed by atoms with van der Waals surface area (Å²) < 4.78 is 7.25. The van der Waals surface area contributed by atoms with Gasteiger partial charge in [0.2, 0.25) is 0 Å². The van der Waals surface area contributed by atoms with Crippen molar-refractivity contribution < 1.29 is 9.53 Å². The van der Waals surface area contributed by atoms with Crippen LogP contribution in [0.3, 0.4) is 0 Å². The maximum Gasteiger partial charge on any atom is 0.308 e. The number of rotatable bonds is 7. The molecule has 140 valence electrons. The van der Waals surface area contributed by atoms with Crippen LogP contribution in [0.25, 0.3) is 0 Å². The second-order valence-corrected chi connectivity index (χ2v) is 8.04. The molecule has 2 heterocycles. The van der Waals surface area contributed by atoms with Crippen molar-refractivity contribution in [1.29, 1.82) is 0 Å². The van der Waals surface area contributed by atoms with Crippen LogP contribution in [0.2, 0.25) is 0 Å². The average molecular weight is 401 g/mol. The summed E-state index contributed by atoms with van der Waals surface area (Å²) in [7, 11) is 0. The van der Waals surface area contributed by atoms with Gasteiger partial charge >= 0.3 is 4.87 Å². The summed E-state index contributed by atoms with van der Waals surface area (Å²) in [4.78, 5) is 26.3. The van der Waals surface area contributed by atoms with E-state index < -0.39 is 0 Å². The van der Waals surface area contributed by atoms with Crippen LogP contribution < -0.4 is 14.9 Å². The minimum atomic E-state index is -0.228. The molecule has 0 saturated heterocycles. The minimum absolute atomic E-state index is 0.168. The summed E-state index contributed by atoms with van der Waals surface area (Å²) in [5.74, 6) is 1.00. The molecular weight excluding hydrogens is 380 g/mol. The molecule has 0 aliphatic carbocycles. The number of allylic oxidation sites excluding steroid dienone is 1. The van der Waals surface area contributed by atoms with Gasteiger partial charge in [0, 0.05) is 16.1 Å². The monoisotopic (exact) mass is 400 g/mol. The number of thiazole rings is 1. The van der Waals surface area contributed by atoms with Crippen LogP contribution in [0, 0.1) is 6.92 Å². The number of carbonyl (C=O) groups is 1. The molecule has 0 atom stereocenters. The van der Waals surface area contributed by atoms with E-state index in [2.05, 4.69) is 11.9 Å². The highest BCUT2D eigenvalue weighted by molar-refractivity contribution is 7.11. The van der Waals surface area contributed by atoms with Crippen LogP contribution >= 0.6 is 22.7 Å². The van der Waals surface area contributed by atoms with Crippen molar-refractivity contribution in [3.05, 3.63) is 84.8 Å². The molecule has 0 aliphatic heterocycles. The second kappa shape index (κ2) is 8.37. The molecule has 27 heavy (non-hydrogen) atoms. The topological polar surface area (TPSA) is 60.3 Å². The Kier molecular flexibility index (Phi) is 5.93. The van der Waals surface area contributed by atoms with Crippen molar-refractivity contribution in [2.24, 2.45) is 0 Å². The molecule has 2 aromatic heterocycles. The molecule has 1 aromatic carbocycles. The maximum atomic E-state index is 12.5. The fourth-order valence-electron chi connectivity index (χ4n) is 2.62. The van der Waals surface area contributed by atoms with Crippen molar-refractivity contribution >= 4 is 28.6 Å². The highest BCUT2D eigenvalue weighted by atomic mass is 32.1. The zero-order chi connectivity index (χ0) is 19.4. The first-order valence-electron chi connectivity index (χ1n) is 8.37. The van der Waals surface area contributed by atoms with Crippen LogP contribution in [0.5, 0.6) is 5.75 Å². The molecule has 1 N–H and O–H groups in total. The molecule has 0 aliphatic rings. The Balaban J connectivity index is 1.81. The number of carbonyl (C=O) groups excluding carboxylic acids is 1. The van der Waals surface area contributed by atoms with Gasteiger partial charge in [-0.25, -0.2) is 0 Å². The molecule has 1 amide bonds. The maximum absolute atomic E-state index is 12.5. The van der Waals surface area contributed by atoms with E-state index in [9.17, 15) is 9.59 Å². The molecule has 0 unspecified atom stereocenters. The number of hydrogen-bond acceptors (Lipinski definition) is 5. The summed E-state index contributed by atoms with van der Waals surface area (Å²) in [6, 6.07) is 11.4. The van der Waals surface area contributed by atoms with E-state index in [0.717, 1.165) is 21.8 Å². The molecule has 0 bridgehead atoms. The second-order valence-electron chi connectivity index (χ2n) is 6.04. The third kappa shape index (κ3) is 4.56. The molecule has 0 spiro atoms. The Hall–Kier alpha value is -2.64. The van der Waals surface area contributed by atoms with Gasteiger partial charge in [0.1, 0.15) is 10.6 Å². The number of amides is 1. The minimum Gasteiger partial charge on any atom is -0.462 e. The number of nitrogens with zero attached hydrogens (tertiary/aromatic N) is 1. The molecule has 5 nitrogen and oxygen atoms in total. The van der Waals surface area contributed by atoms with E-state index in [4.69, 9.17) is 4.74 Å². The first kappa shape index (κ1) is 19.1. The van der Waals surface area contributed by atoms with Crippen molar-refractivity contribution in [2.45, 2.75) is 26.9 Å². The Morgan fingerprint density at radius 1 is 1.26 bits per heavy atom. The predicted molar refractivity (Wildman–Crippen MR) is 110 cm³/mol. The van der Waals surface area contributed by atoms with E-state index in [0.29, 0.717) is 35.2 Å². The van der Waals surface area contributed by atoms with Crippen LogP contribution in [0.4, 0.5) is 0 Å². The van der Waals surface area contributed by atoms with E-state index in [1.165, 1.54) is 0 Å². The van der Waals surface area contributed by atoms with Crippen molar-refractivity contribution in [2.75, 3.05) is 0 Å². The van der Waals surface area contributed by atoms with Crippen molar-refractivity contribution in [1.82, 2.24) is 9.88 Å². The average Bonchev–Trinajstić information content (AvgIpc) is 3.24. The molecular formula is C20H20N2O3S2. The van der Waals surface area contributed by atoms with Crippen molar-refractivity contribution in [3.8, 4) is 5.75 Å². The van der Waals surface area contributed by atoms with E-state index in [-0.39, 0.29) is 10.8 Å². The Bertz CT molecular complexity index is 1020. The third-order valence-electron chi connectivity index (χ3n) is 3.94. The van der Waals surface area contributed by atoms with Crippen LogP contribution in [0.15, 0.2) is 58.9 Å². The lowest BCUT2D eigenvalue weighted by molar-refractivity contribution is 0.0954. The van der Waals surface area contributed by atoms with Gasteiger partial charge in [0.15, 0.2) is 0 Å². The number of ether oxygens (including phenoxy) is 1. The lowest BCUT2D eigenvalue weighted by Crippen LogP contribution is -2.22. The fraction of sp³-hybridized carbons (Fsp3) is 0.200. The first-order chi connectivity index (χ1) is 13.0. The lowest BCUT2D eigenvalue weighted by atomic mass is 10.2. The van der Waals surface area contributed by atoms with Gasteiger partial charge in [0.05, 0.1) is 18.8 Å². The Morgan fingerprint density at radius 3 is 2.74 bits per heavy atom. The summed E-state index contributed by atoms with van der Waals surface area (Å²) >= 11 is 2.55. The Labute approximate surface area is 165 Å². The van der Waals surface area contributed by atoms with Gasteiger partial charge in [-0.1, -0.05) is 42.2 Å². The van der Waals surface area contributed by atoms with Gasteiger partial charge in [-0.2, -0.15) is 0 Å². The lowest BCUT2D eigenvalue weighted by Gasteiger charge is -2.12. The first-order valence-corrected chi connectivity index (χ1v) is 10.1. The highest BCUT2D eigenvalue weighted by Gasteiger charge is 2.18. The Morgan fingerprint density at radius 2 is 2.04 bits per heavy atom. The number of para-hydroxylation sites is 1. The predicted octanol–water partition coefficient (Wildman–Crippen LogP) is 4.17. The van der Waals surface area contributed by atoms with Crippen LogP contribution in [-0.4, -0.2) is 10.5 Å². The van der Waals surface area contributed by atoms with E-state index in [1.807, 2.05) is 41.8 Å².